The monoisotopic (exact) mass is 180 g/mol. The van der Waals surface area contributed by atoms with Gasteiger partial charge in [0.25, 0.3) is 6.65 Å². The van der Waals surface area contributed by atoms with E-state index in [4.69, 9.17) is 0 Å². The largest absolute Gasteiger partial charge is 0.277 e. The zero-order valence-corrected chi connectivity index (χ0v) is 8.28. The number of hydrogen-bond donors (Lipinski definition) is 0. The summed E-state index contributed by atoms with van der Waals surface area (Å²) in [6.07, 6.45) is 0. The van der Waals surface area contributed by atoms with E-state index < -0.39 is 6.65 Å². The molecule has 10 heavy (non-hydrogen) atoms. The predicted octanol–water partition coefficient (Wildman–Crippen LogP) is 1.33. The van der Waals surface area contributed by atoms with Crippen LogP contribution in [0.15, 0.2) is 0 Å². The Kier molecular flexibility index (Phi) is 2.46. The van der Waals surface area contributed by atoms with E-state index >= 15 is 0 Å². The van der Waals surface area contributed by atoms with Gasteiger partial charge >= 0.3 is 0 Å². The standard InChI is InChI=1S/C5H13N2OPS/c1-6(2)9(8)7(3)4-5-10-9/h4-5H2,1-3H3. The van der Waals surface area contributed by atoms with E-state index in [1.54, 1.807) is 11.4 Å². The van der Waals surface area contributed by atoms with Gasteiger partial charge in [-0.2, -0.15) is 0 Å². The lowest BCUT2D eigenvalue weighted by molar-refractivity contribution is 0.452. The normalized spacial score (nSPS) is 35.6. The van der Waals surface area contributed by atoms with Crippen LogP contribution in [0.1, 0.15) is 0 Å². The van der Waals surface area contributed by atoms with Crippen molar-refractivity contribution in [3.8, 4) is 0 Å². The molecule has 1 aliphatic heterocycles. The number of rotatable bonds is 1. The van der Waals surface area contributed by atoms with Crippen molar-refractivity contribution in [2.45, 2.75) is 0 Å². The van der Waals surface area contributed by atoms with Gasteiger partial charge in [-0.15, -0.1) is 0 Å². The van der Waals surface area contributed by atoms with E-state index in [-0.39, 0.29) is 0 Å². The van der Waals surface area contributed by atoms with Crippen molar-refractivity contribution in [2.75, 3.05) is 33.4 Å². The van der Waals surface area contributed by atoms with Crippen LogP contribution in [0.2, 0.25) is 0 Å². The Hall–Kier alpha value is 0.500. The average molecular weight is 180 g/mol. The maximum absolute atomic E-state index is 11.9. The molecule has 1 unspecified atom stereocenters. The van der Waals surface area contributed by atoms with Crippen LogP contribution in [0.4, 0.5) is 0 Å². The molecule has 1 aliphatic rings. The lowest BCUT2D eigenvalue weighted by Crippen LogP contribution is -2.18. The molecule has 0 aromatic rings. The maximum atomic E-state index is 11.9. The molecule has 60 valence electrons. The van der Waals surface area contributed by atoms with Crippen LogP contribution in [0.3, 0.4) is 0 Å². The summed E-state index contributed by atoms with van der Waals surface area (Å²) >= 11 is 1.57. The van der Waals surface area contributed by atoms with Gasteiger partial charge < -0.3 is 0 Å². The Labute approximate surface area is 66.0 Å². The summed E-state index contributed by atoms with van der Waals surface area (Å²) in [6.45, 7) is -1.21. The van der Waals surface area contributed by atoms with Crippen molar-refractivity contribution in [2.24, 2.45) is 0 Å². The first-order valence-electron chi connectivity index (χ1n) is 3.21. The van der Waals surface area contributed by atoms with Gasteiger partial charge in [0.2, 0.25) is 0 Å². The van der Waals surface area contributed by atoms with Crippen molar-refractivity contribution >= 4 is 18.0 Å². The molecule has 1 heterocycles. The van der Waals surface area contributed by atoms with Crippen LogP contribution in [-0.4, -0.2) is 42.8 Å². The van der Waals surface area contributed by atoms with Crippen LogP contribution in [0.5, 0.6) is 0 Å². The van der Waals surface area contributed by atoms with E-state index in [0.717, 1.165) is 12.3 Å². The van der Waals surface area contributed by atoms with Gasteiger partial charge in [0.15, 0.2) is 0 Å². The molecule has 0 amide bonds. The molecule has 0 radical (unpaired) electrons. The van der Waals surface area contributed by atoms with Crippen molar-refractivity contribution in [1.29, 1.82) is 0 Å². The fourth-order valence-corrected chi connectivity index (χ4v) is 5.55. The van der Waals surface area contributed by atoms with E-state index in [0.29, 0.717) is 0 Å². The second-order valence-electron chi connectivity index (χ2n) is 2.55. The van der Waals surface area contributed by atoms with E-state index in [1.807, 2.05) is 30.5 Å². The Morgan fingerprint density at radius 3 is 2.40 bits per heavy atom. The summed E-state index contributed by atoms with van der Waals surface area (Å²) in [5, 5.41) is 0. The summed E-state index contributed by atoms with van der Waals surface area (Å²) in [5.74, 6) is 0.992. The third-order valence-electron chi connectivity index (χ3n) is 1.61. The fourth-order valence-electron chi connectivity index (χ4n) is 0.938. The molecule has 1 saturated heterocycles. The molecule has 0 bridgehead atoms. The molecular formula is C5H13N2OPS. The second-order valence-corrected chi connectivity index (χ2v) is 7.88. The van der Waals surface area contributed by atoms with Gasteiger partial charge in [0.05, 0.1) is 0 Å². The molecular weight excluding hydrogens is 167 g/mol. The maximum Gasteiger partial charge on any atom is 0.270 e. The molecule has 1 rings (SSSR count). The summed E-state index contributed by atoms with van der Waals surface area (Å²) in [7, 11) is 5.66. The highest BCUT2D eigenvalue weighted by molar-refractivity contribution is 8.57. The minimum absolute atomic E-state index is 0.945. The quantitative estimate of drug-likeness (QED) is 0.568. The highest BCUT2D eigenvalue weighted by Gasteiger charge is 2.35. The van der Waals surface area contributed by atoms with Crippen LogP contribution < -0.4 is 0 Å². The zero-order chi connectivity index (χ0) is 7.78. The average Bonchev–Trinajstić information content (AvgIpc) is 2.15. The Balaban J connectivity index is 2.76. The molecule has 0 spiro atoms. The molecule has 0 aromatic heterocycles. The Morgan fingerprint density at radius 2 is 2.20 bits per heavy atom. The van der Waals surface area contributed by atoms with Crippen molar-refractivity contribution in [3.05, 3.63) is 0 Å². The predicted molar refractivity (Wildman–Crippen MR) is 46.4 cm³/mol. The van der Waals surface area contributed by atoms with Gasteiger partial charge in [-0.25, -0.2) is 9.34 Å². The van der Waals surface area contributed by atoms with Crippen LogP contribution in [0.25, 0.3) is 0 Å². The molecule has 0 aliphatic carbocycles. The van der Waals surface area contributed by atoms with Crippen LogP contribution in [-0.2, 0) is 4.57 Å². The van der Waals surface area contributed by atoms with Crippen molar-refractivity contribution < 1.29 is 4.57 Å². The first-order valence-corrected chi connectivity index (χ1v) is 6.41. The summed E-state index contributed by atoms with van der Waals surface area (Å²) in [4.78, 5) is 0. The fraction of sp³-hybridized carbons (Fsp3) is 1.00. The van der Waals surface area contributed by atoms with E-state index in [1.165, 1.54) is 0 Å². The Morgan fingerprint density at radius 1 is 1.60 bits per heavy atom. The second kappa shape index (κ2) is 2.86. The summed E-state index contributed by atoms with van der Waals surface area (Å²) in [6, 6.07) is 0. The number of nitrogens with zero attached hydrogens (tertiary/aromatic N) is 2. The van der Waals surface area contributed by atoms with Gasteiger partial charge in [-0.05, 0) is 21.1 Å². The van der Waals surface area contributed by atoms with Gasteiger partial charge in [-0.3, -0.25) is 4.57 Å². The van der Waals surface area contributed by atoms with Crippen LogP contribution >= 0.6 is 18.0 Å². The zero-order valence-electron chi connectivity index (χ0n) is 6.57. The summed E-state index contributed by atoms with van der Waals surface area (Å²) < 4.78 is 15.6. The molecule has 1 atom stereocenters. The lowest BCUT2D eigenvalue weighted by atomic mass is 10.8. The first-order chi connectivity index (χ1) is 4.57. The number of hydrogen-bond acceptors (Lipinski definition) is 2. The van der Waals surface area contributed by atoms with Crippen LogP contribution in [0, 0.1) is 0 Å². The highest BCUT2D eigenvalue weighted by Crippen LogP contribution is 2.65. The Bertz CT molecular complexity index is 173. The summed E-state index contributed by atoms with van der Waals surface area (Å²) in [5.41, 5.74) is 0. The highest BCUT2D eigenvalue weighted by atomic mass is 32.7. The molecule has 3 nitrogen and oxygen atoms in total. The van der Waals surface area contributed by atoms with Crippen molar-refractivity contribution in [3.63, 3.8) is 0 Å². The minimum Gasteiger partial charge on any atom is -0.277 e. The molecule has 0 aromatic carbocycles. The van der Waals surface area contributed by atoms with E-state index in [2.05, 4.69) is 0 Å². The smallest absolute Gasteiger partial charge is 0.270 e. The van der Waals surface area contributed by atoms with Gasteiger partial charge in [-0.1, -0.05) is 11.4 Å². The van der Waals surface area contributed by atoms with E-state index in [9.17, 15) is 4.57 Å². The first kappa shape index (κ1) is 8.60. The topological polar surface area (TPSA) is 23.6 Å². The lowest BCUT2D eigenvalue weighted by Gasteiger charge is -2.24. The van der Waals surface area contributed by atoms with Crippen molar-refractivity contribution in [1.82, 2.24) is 9.34 Å². The van der Waals surface area contributed by atoms with Gasteiger partial charge in [0.1, 0.15) is 0 Å². The van der Waals surface area contributed by atoms with Gasteiger partial charge in [0, 0.05) is 12.3 Å². The minimum atomic E-state index is -2.15. The SMILES string of the molecule is CN(C)P1(=O)SCCN1C. The third-order valence-corrected chi connectivity index (χ3v) is 7.76. The molecule has 1 fully saturated rings. The molecule has 0 saturated carbocycles. The molecule has 5 heteroatoms. The third kappa shape index (κ3) is 1.26. The molecule has 0 N–H and O–H groups in total.